The van der Waals surface area contributed by atoms with Crippen LogP contribution in [0.1, 0.15) is 106 Å². The molecule has 0 aromatic heterocycles. The van der Waals surface area contributed by atoms with Crippen LogP contribution in [0.2, 0.25) is 0 Å². The molecule has 0 amide bonds. The van der Waals surface area contributed by atoms with Crippen LogP contribution in [0, 0.1) is 62.6 Å². The number of carboxylic acids is 1. The highest BCUT2D eigenvalue weighted by Crippen LogP contribution is 2.77. The van der Waals surface area contributed by atoms with Crippen LogP contribution in [0.3, 0.4) is 0 Å². The van der Waals surface area contributed by atoms with E-state index >= 15 is 0 Å². The monoisotopic (exact) mass is 498 g/mol. The van der Waals surface area contributed by atoms with E-state index in [0.717, 1.165) is 51.4 Å². The van der Waals surface area contributed by atoms with Gasteiger partial charge in [0.05, 0.1) is 18.4 Å². The lowest BCUT2D eigenvalue weighted by Crippen LogP contribution is -2.67. The van der Waals surface area contributed by atoms with Gasteiger partial charge in [-0.15, -0.1) is 0 Å². The van der Waals surface area contributed by atoms with Crippen LogP contribution in [0.5, 0.6) is 0 Å². The summed E-state index contributed by atoms with van der Waals surface area (Å²) in [5.41, 5.74) is 1.12. The Morgan fingerprint density at radius 1 is 0.833 bits per heavy atom. The van der Waals surface area contributed by atoms with Crippen LogP contribution in [0.25, 0.3) is 0 Å². The fourth-order valence-corrected chi connectivity index (χ4v) is 12.1. The summed E-state index contributed by atoms with van der Waals surface area (Å²) in [5.74, 6) is 1.54. The van der Waals surface area contributed by atoms with Crippen molar-refractivity contribution in [3.8, 4) is 0 Å². The molecule has 5 rings (SSSR count). The zero-order chi connectivity index (χ0) is 26.5. The summed E-state index contributed by atoms with van der Waals surface area (Å²) in [4.78, 5) is 25.6. The number of carboxylic acid groups (broad SMARTS) is 1. The van der Waals surface area contributed by atoms with Crippen molar-refractivity contribution in [2.45, 2.75) is 106 Å². The number of fused-ring (bicyclic) bond motifs is 7. The first kappa shape index (κ1) is 26.3. The zero-order valence-electron chi connectivity index (χ0n) is 23.9. The Balaban J connectivity index is 1.53. The Kier molecular flexibility index (Phi) is 5.91. The van der Waals surface area contributed by atoms with Gasteiger partial charge in [0.2, 0.25) is 0 Å². The average Bonchev–Trinajstić information content (AvgIpc) is 3.20. The molecule has 10 unspecified atom stereocenters. The van der Waals surface area contributed by atoms with Gasteiger partial charge >= 0.3 is 11.9 Å². The highest BCUT2D eigenvalue weighted by Gasteiger charge is 2.72. The molecule has 4 nitrogen and oxygen atoms in total. The third-order valence-electron chi connectivity index (χ3n) is 14.0. The third-order valence-corrected chi connectivity index (χ3v) is 14.0. The van der Waals surface area contributed by atoms with E-state index < -0.39 is 11.4 Å². The lowest BCUT2D eigenvalue weighted by atomic mass is 9.32. The molecule has 0 saturated heterocycles. The molecule has 4 heteroatoms. The van der Waals surface area contributed by atoms with Crippen molar-refractivity contribution in [2.75, 3.05) is 7.11 Å². The summed E-state index contributed by atoms with van der Waals surface area (Å²) in [5, 5.41) is 10.5. The Labute approximate surface area is 219 Å². The molecule has 5 aliphatic rings. The van der Waals surface area contributed by atoms with Gasteiger partial charge in [0.15, 0.2) is 0 Å². The fourth-order valence-electron chi connectivity index (χ4n) is 12.1. The van der Waals surface area contributed by atoms with Crippen molar-refractivity contribution in [1.29, 1.82) is 0 Å². The van der Waals surface area contributed by atoms with Crippen molar-refractivity contribution in [3.63, 3.8) is 0 Å². The summed E-state index contributed by atoms with van der Waals surface area (Å²) in [6.07, 6.45) is 10.4. The molecule has 0 bridgehead atoms. The molecular formula is C32H50O4. The van der Waals surface area contributed by atoms with Crippen molar-refractivity contribution < 1.29 is 19.4 Å². The molecule has 0 spiro atoms. The topological polar surface area (TPSA) is 63.6 Å². The number of hydrogen-bond acceptors (Lipinski definition) is 3. The minimum absolute atomic E-state index is 0.0162. The van der Waals surface area contributed by atoms with Crippen molar-refractivity contribution in [1.82, 2.24) is 0 Å². The smallest absolute Gasteiger partial charge is 0.309 e. The number of carbonyl (C=O) groups is 2. The maximum absolute atomic E-state index is 12.8. The number of aliphatic carboxylic acids is 1. The third kappa shape index (κ3) is 3.05. The predicted molar refractivity (Wildman–Crippen MR) is 142 cm³/mol. The van der Waals surface area contributed by atoms with E-state index in [-0.39, 0.29) is 39.5 Å². The number of rotatable bonds is 3. The SMILES string of the molecule is C=C(C)C1CCC2(C(=O)O)CCC3(C)C(CCC4C5(C)CCC(C(=O)OC)C(C)(C)C5CCC43C)C12. The van der Waals surface area contributed by atoms with Crippen LogP contribution in [0.4, 0.5) is 0 Å². The van der Waals surface area contributed by atoms with Crippen molar-refractivity contribution >= 4 is 11.9 Å². The average molecular weight is 499 g/mol. The van der Waals surface area contributed by atoms with Crippen LogP contribution in [0.15, 0.2) is 12.2 Å². The standard InChI is InChI=1S/C32H50O4/c1-19(2)20-11-16-32(27(34)35)18-17-30(6)21(25(20)32)9-10-24-29(5)14-12-22(26(33)36-8)28(3,4)23(29)13-15-31(24,30)7/h20-25H,1,9-18H2,2-8H3,(H,34,35). The van der Waals surface area contributed by atoms with E-state index in [4.69, 9.17) is 4.74 Å². The minimum Gasteiger partial charge on any atom is -0.481 e. The van der Waals surface area contributed by atoms with Crippen LogP contribution >= 0.6 is 0 Å². The second-order valence-electron chi connectivity index (χ2n) is 15.1. The molecule has 0 aliphatic heterocycles. The Hall–Kier alpha value is -1.32. The highest BCUT2D eigenvalue weighted by atomic mass is 16.5. The second-order valence-corrected chi connectivity index (χ2v) is 15.1. The van der Waals surface area contributed by atoms with Crippen molar-refractivity contribution in [3.05, 3.63) is 12.2 Å². The fraction of sp³-hybridized carbons (Fsp3) is 0.875. The van der Waals surface area contributed by atoms with Crippen LogP contribution in [-0.2, 0) is 14.3 Å². The summed E-state index contributed by atoms with van der Waals surface area (Å²) in [6.45, 7) is 18.8. The number of methoxy groups -OCH3 is 1. The number of ether oxygens (including phenoxy) is 1. The van der Waals surface area contributed by atoms with E-state index in [0.29, 0.717) is 23.7 Å². The number of esters is 1. The van der Waals surface area contributed by atoms with Gasteiger partial charge in [0.1, 0.15) is 0 Å². The molecule has 10 atom stereocenters. The number of carbonyl (C=O) groups excluding carboxylic acids is 1. The molecule has 0 radical (unpaired) electrons. The van der Waals surface area contributed by atoms with Gasteiger partial charge in [-0.2, -0.15) is 0 Å². The van der Waals surface area contributed by atoms with Crippen molar-refractivity contribution in [2.24, 2.45) is 62.6 Å². The summed E-state index contributed by atoms with van der Waals surface area (Å²) in [6, 6.07) is 0. The van der Waals surface area contributed by atoms with E-state index in [2.05, 4.69) is 48.1 Å². The van der Waals surface area contributed by atoms with Gasteiger partial charge in [-0.05, 0) is 122 Å². The van der Waals surface area contributed by atoms with Gasteiger partial charge in [-0.25, -0.2) is 0 Å². The van der Waals surface area contributed by atoms with Gasteiger partial charge in [-0.3, -0.25) is 9.59 Å². The van der Waals surface area contributed by atoms with Gasteiger partial charge < -0.3 is 9.84 Å². The van der Waals surface area contributed by atoms with Gasteiger partial charge in [0, 0.05) is 0 Å². The summed E-state index contributed by atoms with van der Waals surface area (Å²) < 4.78 is 5.26. The molecule has 5 fully saturated rings. The van der Waals surface area contributed by atoms with E-state index in [9.17, 15) is 14.7 Å². The first-order chi connectivity index (χ1) is 16.7. The highest BCUT2D eigenvalue weighted by molar-refractivity contribution is 5.76. The second kappa shape index (κ2) is 8.09. The Morgan fingerprint density at radius 2 is 1.53 bits per heavy atom. The van der Waals surface area contributed by atoms with Crippen LogP contribution < -0.4 is 0 Å². The maximum Gasteiger partial charge on any atom is 0.309 e. The Bertz CT molecular complexity index is 967. The molecule has 5 aliphatic carbocycles. The van der Waals surface area contributed by atoms with Gasteiger partial charge in [0.25, 0.3) is 0 Å². The summed E-state index contributed by atoms with van der Waals surface area (Å²) in [7, 11) is 1.54. The molecular weight excluding hydrogens is 448 g/mol. The largest absolute Gasteiger partial charge is 0.481 e. The normalized spacial score (nSPS) is 51.2. The molecule has 0 aromatic rings. The van der Waals surface area contributed by atoms with Crippen LogP contribution in [-0.4, -0.2) is 24.2 Å². The maximum atomic E-state index is 12.8. The number of allylic oxidation sites excluding steroid dienone is 1. The first-order valence-electron chi connectivity index (χ1n) is 14.7. The van der Waals surface area contributed by atoms with E-state index in [1.54, 1.807) is 0 Å². The number of hydrogen-bond donors (Lipinski definition) is 1. The minimum atomic E-state index is -0.557. The molecule has 5 saturated carbocycles. The van der Waals surface area contributed by atoms with E-state index in [1.165, 1.54) is 25.5 Å². The summed E-state index contributed by atoms with van der Waals surface area (Å²) >= 11 is 0. The molecule has 1 N–H and O–H groups in total. The molecule has 0 aromatic carbocycles. The lowest BCUT2D eigenvalue weighted by Gasteiger charge is -2.72. The predicted octanol–water partition coefficient (Wildman–Crippen LogP) is 7.52. The first-order valence-corrected chi connectivity index (χ1v) is 14.7. The zero-order valence-corrected chi connectivity index (χ0v) is 23.9. The van der Waals surface area contributed by atoms with E-state index in [1.807, 2.05) is 0 Å². The lowest BCUT2D eigenvalue weighted by molar-refractivity contribution is -0.244. The molecule has 36 heavy (non-hydrogen) atoms. The van der Waals surface area contributed by atoms with Gasteiger partial charge in [-0.1, -0.05) is 46.8 Å². The quantitative estimate of drug-likeness (QED) is 0.323. The molecule has 202 valence electrons. The molecule has 0 heterocycles. The Morgan fingerprint density at radius 3 is 2.14 bits per heavy atom.